The van der Waals surface area contributed by atoms with Crippen molar-refractivity contribution < 1.29 is 13.6 Å². The van der Waals surface area contributed by atoms with Gasteiger partial charge in [-0.1, -0.05) is 19.1 Å². The first-order valence-corrected chi connectivity index (χ1v) is 9.18. The summed E-state index contributed by atoms with van der Waals surface area (Å²) in [7, 11) is 0. The smallest absolute Gasteiger partial charge is 0.276 e. The van der Waals surface area contributed by atoms with E-state index in [2.05, 4.69) is 15.2 Å². The first-order valence-electron chi connectivity index (χ1n) is 9.18. The van der Waals surface area contributed by atoms with Gasteiger partial charge in [0.25, 0.3) is 5.91 Å². The number of likely N-dealkylation sites (tertiary alicyclic amines) is 1. The summed E-state index contributed by atoms with van der Waals surface area (Å²) in [4.78, 5) is 18.8. The molecule has 4 rings (SSSR count). The Morgan fingerprint density at radius 2 is 2.19 bits per heavy atom. The zero-order valence-corrected chi connectivity index (χ0v) is 15.1. The van der Waals surface area contributed by atoms with E-state index < -0.39 is 0 Å². The van der Waals surface area contributed by atoms with E-state index in [0.717, 1.165) is 29.7 Å². The predicted molar refractivity (Wildman–Crippen MR) is 97.7 cm³/mol. The molecule has 0 radical (unpaired) electrons. The third kappa shape index (κ3) is 3.37. The highest BCUT2D eigenvalue weighted by atomic mass is 19.1. The Kier molecular flexibility index (Phi) is 4.75. The fourth-order valence-electron chi connectivity index (χ4n) is 3.71. The Morgan fingerprint density at radius 3 is 2.96 bits per heavy atom. The highest BCUT2D eigenvalue weighted by Crippen LogP contribution is 2.33. The van der Waals surface area contributed by atoms with Crippen LogP contribution in [0.15, 0.2) is 41.3 Å². The summed E-state index contributed by atoms with van der Waals surface area (Å²) in [5.41, 5.74) is 3.25. The van der Waals surface area contributed by atoms with Gasteiger partial charge in [-0.25, -0.2) is 9.37 Å². The van der Waals surface area contributed by atoms with E-state index >= 15 is 0 Å². The first kappa shape index (κ1) is 17.5. The molecule has 1 aliphatic heterocycles. The van der Waals surface area contributed by atoms with Crippen molar-refractivity contribution in [2.75, 3.05) is 13.1 Å². The van der Waals surface area contributed by atoms with Gasteiger partial charge in [0.1, 0.15) is 11.6 Å². The van der Waals surface area contributed by atoms with Crippen molar-refractivity contribution in [1.82, 2.24) is 20.1 Å². The molecule has 0 unspecified atom stereocenters. The van der Waals surface area contributed by atoms with E-state index in [-0.39, 0.29) is 17.6 Å². The zero-order valence-electron chi connectivity index (χ0n) is 15.1. The molecule has 1 atom stereocenters. The lowest BCUT2D eigenvalue weighted by atomic mass is 9.90. The van der Waals surface area contributed by atoms with Crippen LogP contribution in [-0.4, -0.2) is 39.1 Å². The monoisotopic (exact) mass is 368 g/mol. The Hall–Kier alpha value is -2.96. The predicted octanol–water partition coefficient (Wildman–Crippen LogP) is 3.79. The molecular formula is C20H21FN4O2. The van der Waals surface area contributed by atoms with Gasteiger partial charge >= 0.3 is 0 Å². The molecule has 1 saturated heterocycles. The first-order chi connectivity index (χ1) is 13.2. The number of aromatic nitrogens is 3. The average molecular weight is 368 g/mol. The van der Waals surface area contributed by atoms with Crippen LogP contribution < -0.4 is 0 Å². The molecular weight excluding hydrogens is 347 g/mol. The number of oxazole rings is 1. The van der Waals surface area contributed by atoms with E-state index in [1.54, 1.807) is 18.3 Å². The molecule has 1 aliphatic rings. The van der Waals surface area contributed by atoms with E-state index in [4.69, 9.17) is 4.42 Å². The fraction of sp³-hybridized carbons (Fsp3) is 0.350. The highest BCUT2D eigenvalue weighted by molar-refractivity contribution is 5.93. The maximum atomic E-state index is 13.2. The van der Waals surface area contributed by atoms with E-state index in [1.165, 1.54) is 18.5 Å². The van der Waals surface area contributed by atoms with Gasteiger partial charge in [-0.15, -0.1) is 0 Å². The summed E-state index contributed by atoms with van der Waals surface area (Å²) < 4.78 is 18.5. The number of nitrogens with one attached hydrogen (secondary N) is 1. The molecule has 1 aromatic carbocycles. The number of halogens is 1. The number of piperidine rings is 1. The highest BCUT2D eigenvalue weighted by Gasteiger charge is 2.30. The van der Waals surface area contributed by atoms with Crippen LogP contribution in [0.4, 0.5) is 4.39 Å². The minimum absolute atomic E-state index is 0.0897. The standard InChI is InChI=1S/C20H21FN4O2/c1-2-17-19(22-12-27-17)20(26)25-9-3-4-14(11-25)18-16(10-23-24-18)13-5-7-15(21)8-6-13/h5-8,10,12,14H,2-4,9,11H2,1H3,(H,23,24)/t14-/m1/s1. The van der Waals surface area contributed by atoms with Crippen LogP contribution in [0.25, 0.3) is 11.1 Å². The van der Waals surface area contributed by atoms with Crippen molar-refractivity contribution >= 4 is 5.91 Å². The summed E-state index contributed by atoms with van der Waals surface area (Å²) >= 11 is 0. The van der Waals surface area contributed by atoms with Crippen molar-refractivity contribution in [3.63, 3.8) is 0 Å². The van der Waals surface area contributed by atoms with Crippen LogP contribution in [-0.2, 0) is 6.42 Å². The summed E-state index contributed by atoms with van der Waals surface area (Å²) in [6.45, 7) is 3.23. The topological polar surface area (TPSA) is 75.0 Å². The third-order valence-electron chi connectivity index (χ3n) is 5.11. The number of rotatable bonds is 4. The van der Waals surface area contributed by atoms with Crippen molar-refractivity contribution in [3.8, 4) is 11.1 Å². The molecule has 0 bridgehead atoms. The van der Waals surface area contributed by atoms with Crippen LogP contribution in [0.3, 0.4) is 0 Å². The molecule has 1 fully saturated rings. The molecule has 1 amide bonds. The van der Waals surface area contributed by atoms with Gasteiger partial charge in [0, 0.05) is 36.7 Å². The Labute approximate surface area is 156 Å². The van der Waals surface area contributed by atoms with E-state index in [9.17, 15) is 9.18 Å². The lowest BCUT2D eigenvalue weighted by Crippen LogP contribution is -2.39. The molecule has 1 N–H and O–H groups in total. The van der Waals surface area contributed by atoms with Gasteiger partial charge < -0.3 is 9.32 Å². The van der Waals surface area contributed by atoms with Crippen molar-refractivity contribution in [1.29, 1.82) is 0 Å². The van der Waals surface area contributed by atoms with Crippen LogP contribution in [0.1, 0.15) is 47.6 Å². The minimum atomic E-state index is -0.266. The van der Waals surface area contributed by atoms with Gasteiger partial charge in [0.15, 0.2) is 12.1 Å². The number of carbonyl (C=O) groups is 1. The number of hydrogen-bond donors (Lipinski definition) is 1. The van der Waals surface area contributed by atoms with Crippen LogP contribution in [0.2, 0.25) is 0 Å². The second-order valence-corrected chi connectivity index (χ2v) is 6.77. The molecule has 27 heavy (non-hydrogen) atoms. The molecule has 7 heteroatoms. The number of nitrogens with zero attached hydrogens (tertiary/aromatic N) is 3. The number of amides is 1. The van der Waals surface area contributed by atoms with Gasteiger partial charge in [0.05, 0.1) is 6.20 Å². The molecule has 6 nitrogen and oxygen atoms in total. The summed E-state index contributed by atoms with van der Waals surface area (Å²) in [6.07, 6.45) is 5.58. The second kappa shape index (κ2) is 7.34. The maximum Gasteiger partial charge on any atom is 0.276 e. The minimum Gasteiger partial charge on any atom is -0.448 e. The van der Waals surface area contributed by atoms with Crippen molar-refractivity contribution in [2.45, 2.75) is 32.1 Å². The molecule has 140 valence electrons. The quantitative estimate of drug-likeness (QED) is 0.760. The van der Waals surface area contributed by atoms with Crippen LogP contribution in [0, 0.1) is 5.82 Å². The largest absolute Gasteiger partial charge is 0.448 e. The summed E-state index contributed by atoms with van der Waals surface area (Å²) in [5.74, 6) is 0.406. The van der Waals surface area contributed by atoms with Gasteiger partial charge in [0.2, 0.25) is 0 Å². The third-order valence-corrected chi connectivity index (χ3v) is 5.11. The SMILES string of the molecule is CCc1ocnc1C(=O)N1CCC[C@@H](c2[nH]ncc2-c2ccc(F)cc2)C1. The summed E-state index contributed by atoms with van der Waals surface area (Å²) in [5, 5.41) is 7.28. The van der Waals surface area contributed by atoms with Crippen LogP contribution >= 0.6 is 0 Å². The molecule has 3 heterocycles. The molecule has 0 aliphatic carbocycles. The zero-order chi connectivity index (χ0) is 18.8. The Balaban J connectivity index is 1.57. The lowest BCUT2D eigenvalue weighted by molar-refractivity contribution is 0.0698. The average Bonchev–Trinajstić information content (AvgIpc) is 3.37. The Morgan fingerprint density at radius 1 is 1.37 bits per heavy atom. The molecule has 0 spiro atoms. The molecule has 2 aromatic heterocycles. The number of carbonyl (C=O) groups excluding carboxylic acids is 1. The van der Waals surface area contributed by atoms with E-state index in [1.807, 2.05) is 11.8 Å². The van der Waals surface area contributed by atoms with Gasteiger partial charge in [-0.3, -0.25) is 9.89 Å². The summed E-state index contributed by atoms with van der Waals surface area (Å²) in [6, 6.07) is 6.38. The van der Waals surface area contributed by atoms with Crippen LogP contribution in [0.5, 0.6) is 0 Å². The number of benzene rings is 1. The lowest BCUT2D eigenvalue weighted by Gasteiger charge is -2.32. The van der Waals surface area contributed by atoms with Crippen molar-refractivity contribution in [2.24, 2.45) is 0 Å². The molecule has 0 saturated carbocycles. The number of aryl methyl sites for hydroxylation is 1. The second-order valence-electron chi connectivity index (χ2n) is 6.77. The number of H-pyrrole nitrogens is 1. The van der Waals surface area contributed by atoms with Crippen molar-refractivity contribution in [3.05, 3.63) is 59.8 Å². The number of hydrogen-bond acceptors (Lipinski definition) is 4. The van der Waals surface area contributed by atoms with E-state index in [0.29, 0.717) is 31.0 Å². The maximum absolute atomic E-state index is 13.2. The van der Waals surface area contributed by atoms with Gasteiger partial charge in [-0.05, 0) is 30.5 Å². The van der Waals surface area contributed by atoms with Gasteiger partial charge in [-0.2, -0.15) is 5.10 Å². The molecule has 3 aromatic rings. The Bertz CT molecular complexity index is 932. The number of aromatic amines is 1. The fourth-order valence-corrected chi connectivity index (χ4v) is 3.71. The normalized spacial score (nSPS) is 17.3.